The zero-order chi connectivity index (χ0) is 16.9. The van der Waals surface area contributed by atoms with Gasteiger partial charge >= 0.3 is 5.97 Å². The van der Waals surface area contributed by atoms with E-state index in [0.29, 0.717) is 11.3 Å². The Hall–Kier alpha value is -2.45. The van der Waals surface area contributed by atoms with Gasteiger partial charge in [0.2, 0.25) is 10.0 Å². The van der Waals surface area contributed by atoms with E-state index in [1.54, 1.807) is 31.2 Å². The molecule has 1 aromatic carbocycles. The summed E-state index contributed by atoms with van der Waals surface area (Å²) in [4.78, 5) is 15.8. The molecule has 0 amide bonds. The highest BCUT2D eigenvalue weighted by molar-refractivity contribution is 7.89. The number of sulfonamides is 1. The fraction of sp³-hybridized carbons (Fsp3) is 0.200. The SMILES string of the molecule is CCOC(=O)c1cccc(Nc2ncccc2S(=O)(=O)NC)c1. The van der Waals surface area contributed by atoms with E-state index in [2.05, 4.69) is 15.0 Å². The molecule has 2 rings (SSSR count). The predicted octanol–water partition coefficient (Wildman–Crippen LogP) is 1.91. The lowest BCUT2D eigenvalue weighted by Gasteiger charge is -2.11. The number of nitrogens with zero attached hydrogens (tertiary/aromatic N) is 1. The average molecular weight is 335 g/mol. The van der Waals surface area contributed by atoms with Crippen LogP contribution in [0.3, 0.4) is 0 Å². The number of esters is 1. The second kappa shape index (κ2) is 7.21. The number of pyridine rings is 1. The van der Waals surface area contributed by atoms with E-state index in [1.165, 1.54) is 25.4 Å². The number of carbonyl (C=O) groups is 1. The van der Waals surface area contributed by atoms with Crippen LogP contribution in [-0.2, 0) is 14.8 Å². The molecule has 0 aliphatic heterocycles. The van der Waals surface area contributed by atoms with Crippen molar-refractivity contribution in [2.75, 3.05) is 19.0 Å². The molecule has 2 aromatic rings. The molecule has 0 saturated heterocycles. The third-order valence-electron chi connectivity index (χ3n) is 2.97. The number of carbonyl (C=O) groups excluding carboxylic acids is 1. The van der Waals surface area contributed by atoms with Crippen LogP contribution in [0.25, 0.3) is 0 Å². The molecule has 0 radical (unpaired) electrons. The monoisotopic (exact) mass is 335 g/mol. The summed E-state index contributed by atoms with van der Waals surface area (Å²) in [7, 11) is -2.32. The van der Waals surface area contributed by atoms with Gasteiger partial charge < -0.3 is 10.1 Å². The molecule has 122 valence electrons. The molecule has 23 heavy (non-hydrogen) atoms. The molecule has 0 fully saturated rings. The first-order valence-corrected chi connectivity index (χ1v) is 8.39. The zero-order valence-electron chi connectivity index (χ0n) is 12.7. The van der Waals surface area contributed by atoms with Gasteiger partial charge in [-0.25, -0.2) is 22.9 Å². The van der Waals surface area contributed by atoms with E-state index in [-0.39, 0.29) is 17.3 Å². The van der Waals surface area contributed by atoms with E-state index in [9.17, 15) is 13.2 Å². The van der Waals surface area contributed by atoms with Crippen molar-refractivity contribution in [1.82, 2.24) is 9.71 Å². The van der Waals surface area contributed by atoms with Crippen molar-refractivity contribution in [2.24, 2.45) is 0 Å². The highest BCUT2D eigenvalue weighted by atomic mass is 32.2. The lowest BCUT2D eigenvalue weighted by atomic mass is 10.2. The predicted molar refractivity (Wildman–Crippen MR) is 86.2 cm³/mol. The Morgan fingerprint density at radius 1 is 1.26 bits per heavy atom. The van der Waals surface area contributed by atoms with Crippen LogP contribution in [0, 0.1) is 0 Å². The Morgan fingerprint density at radius 3 is 2.74 bits per heavy atom. The molecule has 8 heteroatoms. The number of anilines is 2. The smallest absolute Gasteiger partial charge is 0.338 e. The minimum atomic E-state index is -3.65. The first-order valence-electron chi connectivity index (χ1n) is 6.90. The van der Waals surface area contributed by atoms with Gasteiger partial charge in [0.1, 0.15) is 4.90 Å². The summed E-state index contributed by atoms with van der Waals surface area (Å²) < 4.78 is 31.2. The minimum Gasteiger partial charge on any atom is -0.462 e. The maximum absolute atomic E-state index is 12.0. The third kappa shape index (κ3) is 4.05. The highest BCUT2D eigenvalue weighted by Crippen LogP contribution is 2.23. The number of hydrogen-bond acceptors (Lipinski definition) is 6. The summed E-state index contributed by atoms with van der Waals surface area (Å²) in [5.74, 6) is -0.275. The summed E-state index contributed by atoms with van der Waals surface area (Å²) in [5, 5.41) is 2.91. The van der Waals surface area contributed by atoms with Crippen LogP contribution in [0.2, 0.25) is 0 Å². The van der Waals surface area contributed by atoms with Crippen molar-refractivity contribution >= 4 is 27.5 Å². The number of ether oxygens (including phenoxy) is 1. The van der Waals surface area contributed by atoms with Crippen LogP contribution >= 0.6 is 0 Å². The van der Waals surface area contributed by atoms with Crippen LogP contribution in [0.5, 0.6) is 0 Å². The molecule has 0 aliphatic carbocycles. The van der Waals surface area contributed by atoms with Gasteiger partial charge in [-0.2, -0.15) is 0 Å². The van der Waals surface area contributed by atoms with Crippen molar-refractivity contribution in [3.8, 4) is 0 Å². The molecule has 7 nitrogen and oxygen atoms in total. The number of nitrogens with one attached hydrogen (secondary N) is 2. The van der Waals surface area contributed by atoms with E-state index >= 15 is 0 Å². The molecule has 2 N–H and O–H groups in total. The molecule has 0 atom stereocenters. The summed E-state index contributed by atoms with van der Waals surface area (Å²) in [6, 6.07) is 9.53. The first-order chi connectivity index (χ1) is 11.0. The fourth-order valence-electron chi connectivity index (χ4n) is 1.89. The van der Waals surface area contributed by atoms with Crippen LogP contribution < -0.4 is 10.0 Å². The maximum atomic E-state index is 12.0. The van der Waals surface area contributed by atoms with Crippen LogP contribution in [0.1, 0.15) is 17.3 Å². The van der Waals surface area contributed by atoms with Crippen LogP contribution in [0.4, 0.5) is 11.5 Å². The van der Waals surface area contributed by atoms with Crippen LogP contribution in [0.15, 0.2) is 47.5 Å². The second-order valence-corrected chi connectivity index (χ2v) is 6.34. The Bertz CT molecular complexity index is 806. The lowest BCUT2D eigenvalue weighted by Crippen LogP contribution is -2.20. The number of rotatable bonds is 6. The summed E-state index contributed by atoms with van der Waals surface area (Å²) in [6.45, 7) is 2.00. The Balaban J connectivity index is 2.34. The van der Waals surface area contributed by atoms with Gasteiger partial charge in [0.25, 0.3) is 0 Å². The minimum absolute atomic E-state index is 0.0176. The topological polar surface area (TPSA) is 97.4 Å². The van der Waals surface area contributed by atoms with Crippen molar-refractivity contribution in [1.29, 1.82) is 0 Å². The van der Waals surface area contributed by atoms with Gasteiger partial charge in [-0.1, -0.05) is 6.07 Å². The van der Waals surface area contributed by atoms with Crippen molar-refractivity contribution in [3.63, 3.8) is 0 Å². The molecular formula is C15H17N3O4S. The largest absolute Gasteiger partial charge is 0.462 e. The molecule has 0 aliphatic rings. The van der Waals surface area contributed by atoms with E-state index < -0.39 is 16.0 Å². The number of benzene rings is 1. The molecule has 1 aromatic heterocycles. The zero-order valence-corrected chi connectivity index (χ0v) is 13.6. The van der Waals surface area contributed by atoms with Gasteiger partial charge in [0, 0.05) is 11.9 Å². The molecule has 1 heterocycles. The van der Waals surface area contributed by atoms with Gasteiger partial charge in [-0.05, 0) is 44.3 Å². The Labute approximate surface area is 134 Å². The second-order valence-electron chi connectivity index (χ2n) is 4.48. The van der Waals surface area contributed by atoms with E-state index in [4.69, 9.17) is 4.74 Å². The summed E-state index contributed by atoms with van der Waals surface area (Å²) in [5.41, 5.74) is 0.896. The molecule has 0 bridgehead atoms. The van der Waals surface area contributed by atoms with Gasteiger partial charge in [-0.15, -0.1) is 0 Å². The lowest BCUT2D eigenvalue weighted by molar-refractivity contribution is 0.0526. The quantitative estimate of drug-likeness (QED) is 0.783. The van der Waals surface area contributed by atoms with E-state index in [0.717, 1.165) is 0 Å². The number of hydrogen-bond donors (Lipinski definition) is 2. The summed E-state index contributed by atoms with van der Waals surface area (Å²) >= 11 is 0. The molecule has 0 unspecified atom stereocenters. The molecular weight excluding hydrogens is 318 g/mol. The maximum Gasteiger partial charge on any atom is 0.338 e. The van der Waals surface area contributed by atoms with Crippen molar-refractivity contribution in [3.05, 3.63) is 48.2 Å². The normalized spacial score (nSPS) is 11.0. The van der Waals surface area contributed by atoms with Crippen LogP contribution in [-0.4, -0.2) is 33.0 Å². The standard InChI is InChI=1S/C15H17N3O4S/c1-3-22-15(19)11-6-4-7-12(10-11)18-14-13(8-5-9-17-14)23(20,21)16-2/h4-10,16H,3H2,1-2H3,(H,17,18). The number of aromatic nitrogens is 1. The van der Waals surface area contributed by atoms with E-state index in [1.807, 2.05) is 0 Å². The third-order valence-corrected chi connectivity index (χ3v) is 4.41. The first kappa shape index (κ1) is 16.9. The summed E-state index contributed by atoms with van der Waals surface area (Å²) in [6.07, 6.45) is 1.48. The Kier molecular flexibility index (Phi) is 5.30. The fourth-order valence-corrected chi connectivity index (χ4v) is 2.72. The Morgan fingerprint density at radius 2 is 2.04 bits per heavy atom. The average Bonchev–Trinajstić information content (AvgIpc) is 2.56. The van der Waals surface area contributed by atoms with Gasteiger partial charge in [0.05, 0.1) is 12.2 Å². The van der Waals surface area contributed by atoms with Gasteiger partial charge in [-0.3, -0.25) is 0 Å². The highest BCUT2D eigenvalue weighted by Gasteiger charge is 2.17. The van der Waals surface area contributed by atoms with Gasteiger partial charge in [0.15, 0.2) is 5.82 Å². The molecule has 0 saturated carbocycles. The molecule has 0 spiro atoms. The van der Waals surface area contributed by atoms with Crippen molar-refractivity contribution < 1.29 is 17.9 Å². The van der Waals surface area contributed by atoms with Crippen molar-refractivity contribution in [2.45, 2.75) is 11.8 Å².